The van der Waals surface area contributed by atoms with Crippen molar-refractivity contribution in [2.45, 2.75) is 13.1 Å². The van der Waals surface area contributed by atoms with E-state index in [9.17, 15) is 0 Å². The van der Waals surface area contributed by atoms with E-state index in [-0.39, 0.29) is 0 Å². The first-order chi connectivity index (χ1) is 13.8. The molecular weight excluding hydrogens is 340 g/mol. The lowest BCUT2D eigenvalue weighted by Gasteiger charge is -2.26. The van der Waals surface area contributed by atoms with Crippen LogP contribution in [-0.4, -0.2) is 22.9 Å². The van der Waals surface area contributed by atoms with Crippen molar-refractivity contribution in [2.75, 3.05) is 13.1 Å². The van der Waals surface area contributed by atoms with Gasteiger partial charge in [-0.3, -0.25) is 0 Å². The number of hydrogen-bond donors (Lipinski definition) is 0. The molecule has 0 saturated heterocycles. The van der Waals surface area contributed by atoms with Gasteiger partial charge >= 0.3 is 0 Å². The zero-order valence-corrected chi connectivity index (χ0v) is 16.2. The zero-order valence-electron chi connectivity index (χ0n) is 16.2. The van der Waals surface area contributed by atoms with Crippen LogP contribution in [0.5, 0.6) is 0 Å². The van der Waals surface area contributed by atoms with Crippen LogP contribution < -0.4 is 0 Å². The molecule has 0 unspecified atom stereocenters. The van der Waals surface area contributed by atoms with Gasteiger partial charge in [0, 0.05) is 38.6 Å². The van der Waals surface area contributed by atoms with Gasteiger partial charge in [0.1, 0.15) is 0 Å². The van der Waals surface area contributed by atoms with Gasteiger partial charge in [-0.2, -0.15) is 0 Å². The predicted octanol–water partition coefficient (Wildman–Crippen LogP) is 5.45. The number of nitrogens with zero attached hydrogens (tertiary/aromatic N) is 2. The third kappa shape index (κ3) is 4.52. The average molecular weight is 367 g/mol. The van der Waals surface area contributed by atoms with Crippen LogP contribution in [0.25, 0.3) is 0 Å². The summed E-state index contributed by atoms with van der Waals surface area (Å²) in [5, 5.41) is 0. The molecule has 0 atom stereocenters. The van der Waals surface area contributed by atoms with E-state index in [1.165, 1.54) is 22.3 Å². The van der Waals surface area contributed by atoms with Crippen LogP contribution in [0.2, 0.25) is 0 Å². The topological polar surface area (TPSA) is 6.48 Å². The highest BCUT2D eigenvalue weighted by Gasteiger charge is 2.12. The maximum Gasteiger partial charge on any atom is 0.0427 e. The van der Waals surface area contributed by atoms with E-state index in [1.807, 2.05) is 0 Å². The molecule has 2 nitrogen and oxygen atoms in total. The van der Waals surface area contributed by atoms with Gasteiger partial charge in [0.25, 0.3) is 0 Å². The lowest BCUT2D eigenvalue weighted by Crippen LogP contribution is -2.21. The summed E-state index contributed by atoms with van der Waals surface area (Å²) in [6, 6.07) is 21.2. The fourth-order valence-corrected chi connectivity index (χ4v) is 3.55. The molecule has 2 aliphatic rings. The number of benzene rings is 2. The maximum atomic E-state index is 4.34. The normalized spacial score (nSPS) is 16.0. The van der Waals surface area contributed by atoms with Gasteiger partial charge in [0.15, 0.2) is 0 Å². The summed E-state index contributed by atoms with van der Waals surface area (Å²) in [7, 11) is 0. The van der Waals surface area contributed by atoms with Crippen LogP contribution in [0, 0.1) is 0 Å². The third-order valence-corrected chi connectivity index (χ3v) is 5.18. The van der Waals surface area contributed by atoms with Crippen LogP contribution in [0.3, 0.4) is 0 Å². The highest BCUT2D eigenvalue weighted by Crippen LogP contribution is 2.25. The van der Waals surface area contributed by atoms with E-state index in [4.69, 9.17) is 0 Å². The Morgan fingerprint density at radius 3 is 1.46 bits per heavy atom. The summed E-state index contributed by atoms with van der Waals surface area (Å²) < 4.78 is 0. The summed E-state index contributed by atoms with van der Waals surface area (Å²) in [6.45, 7) is 8.04. The van der Waals surface area contributed by atoms with E-state index in [0.29, 0.717) is 0 Å². The first kappa shape index (κ1) is 18.1. The summed E-state index contributed by atoms with van der Waals surface area (Å²) in [4.78, 5) is 4.64. The molecule has 0 fully saturated rings. The fourth-order valence-electron chi connectivity index (χ4n) is 3.55. The van der Waals surface area contributed by atoms with Gasteiger partial charge in [0.05, 0.1) is 0 Å². The highest BCUT2D eigenvalue weighted by atomic mass is 15.1. The van der Waals surface area contributed by atoms with E-state index in [0.717, 1.165) is 31.8 Å². The molecule has 2 heterocycles. The molecule has 0 bridgehead atoms. The molecule has 4 rings (SSSR count). The minimum atomic E-state index is 0.914. The first-order valence-electron chi connectivity index (χ1n) is 9.80. The van der Waals surface area contributed by atoms with Crippen molar-refractivity contribution in [3.05, 3.63) is 132 Å². The summed E-state index contributed by atoms with van der Waals surface area (Å²) in [6.07, 6.45) is 13.3. The van der Waals surface area contributed by atoms with E-state index in [1.54, 1.807) is 0 Å². The molecule has 0 amide bonds. The third-order valence-electron chi connectivity index (χ3n) is 5.18. The Labute approximate surface area is 168 Å². The van der Waals surface area contributed by atoms with Crippen LogP contribution in [0.4, 0.5) is 0 Å². The molecule has 2 aromatic carbocycles. The van der Waals surface area contributed by atoms with Gasteiger partial charge in [-0.1, -0.05) is 79.4 Å². The van der Waals surface area contributed by atoms with Crippen molar-refractivity contribution in [2.24, 2.45) is 0 Å². The highest BCUT2D eigenvalue weighted by molar-refractivity contribution is 5.55. The Morgan fingerprint density at radius 1 is 0.679 bits per heavy atom. The van der Waals surface area contributed by atoms with Crippen molar-refractivity contribution < 1.29 is 0 Å². The zero-order chi connectivity index (χ0) is 19.2. The Morgan fingerprint density at radius 2 is 1.11 bits per heavy atom. The summed E-state index contributed by atoms with van der Waals surface area (Å²) in [5.74, 6) is 0. The SMILES string of the molecule is C=C(C1=CCN(Cc2ccccc2)C=C1)C1=CCN(Cc2ccccc2)C=C1. The quantitative estimate of drug-likeness (QED) is 0.670. The molecule has 0 aromatic heterocycles. The molecule has 2 aliphatic heterocycles. The number of rotatable bonds is 6. The van der Waals surface area contributed by atoms with E-state index in [2.05, 4.69) is 114 Å². The van der Waals surface area contributed by atoms with E-state index < -0.39 is 0 Å². The lowest BCUT2D eigenvalue weighted by molar-refractivity contribution is 0.403. The summed E-state index contributed by atoms with van der Waals surface area (Å²) in [5.41, 5.74) is 6.21. The van der Waals surface area contributed by atoms with Crippen molar-refractivity contribution in [3.8, 4) is 0 Å². The Bertz CT molecular complexity index is 855. The molecular formula is C26H26N2. The minimum absolute atomic E-state index is 0.914. The van der Waals surface area contributed by atoms with Gasteiger partial charge in [-0.05, 0) is 40.0 Å². The molecule has 0 radical (unpaired) electrons. The Kier molecular flexibility index (Phi) is 5.58. The summed E-state index contributed by atoms with van der Waals surface area (Å²) >= 11 is 0. The average Bonchev–Trinajstić information content (AvgIpc) is 2.76. The molecule has 28 heavy (non-hydrogen) atoms. The largest absolute Gasteiger partial charge is 0.369 e. The first-order valence-corrected chi connectivity index (χ1v) is 9.80. The van der Waals surface area contributed by atoms with Crippen LogP contribution in [0.1, 0.15) is 11.1 Å². The fraction of sp³-hybridized carbons (Fsp3) is 0.154. The predicted molar refractivity (Wildman–Crippen MR) is 117 cm³/mol. The smallest absolute Gasteiger partial charge is 0.0427 e. The second kappa shape index (κ2) is 8.62. The molecule has 2 heteroatoms. The van der Waals surface area contributed by atoms with Crippen molar-refractivity contribution in [1.29, 1.82) is 0 Å². The van der Waals surface area contributed by atoms with Crippen LogP contribution >= 0.6 is 0 Å². The van der Waals surface area contributed by atoms with E-state index >= 15 is 0 Å². The van der Waals surface area contributed by atoms with Crippen LogP contribution in [0.15, 0.2) is 121 Å². The second-order valence-electron chi connectivity index (χ2n) is 7.26. The van der Waals surface area contributed by atoms with Crippen LogP contribution in [-0.2, 0) is 13.1 Å². The standard InChI is InChI=1S/C26H26N2/c1-22(25-12-16-27(17-13-25)20-23-8-4-2-5-9-23)26-14-18-28(19-15-26)21-24-10-6-3-7-11-24/h2-16,18H,1,17,19-21H2. The van der Waals surface area contributed by atoms with Gasteiger partial charge in [0.2, 0.25) is 0 Å². The Hall–Kier alpha value is -3.26. The molecule has 0 spiro atoms. The van der Waals surface area contributed by atoms with Crippen molar-refractivity contribution >= 4 is 0 Å². The maximum absolute atomic E-state index is 4.34. The molecule has 2 aromatic rings. The minimum Gasteiger partial charge on any atom is -0.369 e. The van der Waals surface area contributed by atoms with Gasteiger partial charge < -0.3 is 9.80 Å². The number of hydrogen-bond acceptors (Lipinski definition) is 2. The van der Waals surface area contributed by atoms with Gasteiger partial charge in [-0.15, -0.1) is 0 Å². The molecule has 0 aliphatic carbocycles. The molecule has 140 valence electrons. The molecule has 0 saturated carbocycles. The number of allylic oxidation sites excluding steroid dienone is 5. The van der Waals surface area contributed by atoms with Crippen molar-refractivity contribution in [1.82, 2.24) is 9.80 Å². The second-order valence-corrected chi connectivity index (χ2v) is 7.26. The molecule has 0 N–H and O–H groups in total. The lowest BCUT2D eigenvalue weighted by atomic mass is 9.96. The van der Waals surface area contributed by atoms with Crippen molar-refractivity contribution in [3.63, 3.8) is 0 Å². The monoisotopic (exact) mass is 366 g/mol. The van der Waals surface area contributed by atoms with Gasteiger partial charge in [-0.25, -0.2) is 0 Å². The Balaban J connectivity index is 1.32.